The van der Waals surface area contributed by atoms with Crippen LogP contribution in [-0.4, -0.2) is 42.1 Å². The number of aliphatic hydroxyl groups excluding tert-OH is 1. The number of nitrogens with one attached hydrogen (secondary N) is 1. The molecule has 0 saturated carbocycles. The molecule has 2 N–H and O–H groups in total. The number of carbonyl (C=O) groups is 1. The number of aliphatic hydroxyl groups is 1. The molecule has 5 heteroatoms. The van der Waals surface area contributed by atoms with Gasteiger partial charge in [0.1, 0.15) is 12.0 Å². The Morgan fingerprint density at radius 2 is 2.04 bits per heavy atom. The van der Waals surface area contributed by atoms with Crippen LogP contribution in [0.25, 0.3) is 0 Å². The smallest absolute Gasteiger partial charge is 0.254 e. The van der Waals surface area contributed by atoms with Gasteiger partial charge in [-0.25, -0.2) is 0 Å². The van der Waals surface area contributed by atoms with Crippen molar-refractivity contribution in [3.8, 4) is 0 Å². The topological polar surface area (TPSA) is 65.7 Å². The number of benzene rings is 1. The summed E-state index contributed by atoms with van der Waals surface area (Å²) in [6, 6.07) is 11.5. The number of hydrogen-bond acceptors (Lipinski definition) is 4. The highest BCUT2D eigenvalue weighted by molar-refractivity contribution is 5.93. The van der Waals surface area contributed by atoms with E-state index >= 15 is 0 Å². The fraction of sp³-hybridized carbons (Fsp3) is 0.450. The molecule has 3 rings (SSSR count). The molecule has 1 aromatic carbocycles. The van der Waals surface area contributed by atoms with Crippen molar-refractivity contribution in [1.29, 1.82) is 0 Å². The molecule has 1 aliphatic heterocycles. The van der Waals surface area contributed by atoms with Crippen molar-refractivity contribution in [2.45, 2.75) is 25.9 Å². The lowest BCUT2D eigenvalue weighted by Gasteiger charge is -2.33. The highest BCUT2D eigenvalue weighted by Gasteiger charge is 2.22. The fourth-order valence-corrected chi connectivity index (χ4v) is 3.30. The molecular formula is C20H26N2O3. The predicted octanol–water partition coefficient (Wildman–Crippen LogP) is 2.76. The number of nitrogens with zero attached hydrogens (tertiary/aromatic N) is 1. The van der Waals surface area contributed by atoms with Crippen molar-refractivity contribution in [1.82, 2.24) is 10.2 Å². The van der Waals surface area contributed by atoms with Gasteiger partial charge >= 0.3 is 0 Å². The molecule has 1 amide bonds. The quantitative estimate of drug-likeness (QED) is 0.847. The van der Waals surface area contributed by atoms with Gasteiger partial charge in [0.05, 0.1) is 11.7 Å². The minimum Gasteiger partial charge on any atom is -0.469 e. The molecule has 1 saturated heterocycles. The Labute approximate surface area is 148 Å². The lowest BCUT2D eigenvalue weighted by atomic mass is 9.96. The first-order valence-electron chi connectivity index (χ1n) is 8.90. The summed E-state index contributed by atoms with van der Waals surface area (Å²) >= 11 is 0. The second-order valence-corrected chi connectivity index (χ2v) is 6.83. The average Bonchev–Trinajstić information content (AvgIpc) is 3.08. The number of hydrogen-bond donors (Lipinski definition) is 2. The van der Waals surface area contributed by atoms with E-state index in [0.29, 0.717) is 24.6 Å². The largest absolute Gasteiger partial charge is 0.469 e. The molecule has 25 heavy (non-hydrogen) atoms. The summed E-state index contributed by atoms with van der Waals surface area (Å²) in [6.07, 6.45) is 3.12. The van der Waals surface area contributed by atoms with Crippen molar-refractivity contribution in [3.63, 3.8) is 0 Å². The number of amides is 1. The van der Waals surface area contributed by atoms with Crippen LogP contribution in [0.4, 0.5) is 0 Å². The van der Waals surface area contributed by atoms with Crippen molar-refractivity contribution >= 4 is 5.91 Å². The van der Waals surface area contributed by atoms with Gasteiger partial charge in [-0.3, -0.25) is 4.79 Å². The number of rotatable bonds is 6. The van der Waals surface area contributed by atoms with Crippen molar-refractivity contribution in [2.75, 3.05) is 26.2 Å². The molecule has 1 unspecified atom stereocenters. The molecule has 5 nitrogen and oxygen atoms in total. The van der Waals surface area contributed by atoms with Crippen LogP contribution in [0.1, 0.15) is 40.6 Å². The van der Waals surface area contributed by atoms with Crippen LogP contribution in [0.5, 0.6) is 0 Å². The van der Waals surface area contributed by atoms with E-state index in [-0.39, 0.29) is 5.91 Å². The van der Waals surface area contributed by atoms with E-state index < -0.39 is 6.10 Å². The maximum Gasteiger partial charge on any atom is 0.254 e. The molecule has 134 valence electrons. The van der Waals surface area contributed by atoms with Crippen molar-refractivity contribution in [3.05, 3.63) is 59.5 Å². The predicted molar refractivity (Wildman–Crippen MR) is 96.3 cm³/mol. The number of aryl methyl sites for hydroxylation is 1. The van der Waals surface area contributed by atoms with Crippen LogP contribution >= 0.6 is 0 Å². The van der Waals surface area contributed by atoms with Gasteiger partial charge in [-0.15, -0.1) is 0 Å². The number of likely N-dealkylation sites (tertiary alicyclic amines) is 1. The van der Waals surface area contributed by atoms with Crippen LogP contribution in [0.15, 0.2) is 47.1 Å². The maximum atomic E-state index is 12.1. The van der Waals surface area contributed by atoms with Gasteiger partial charge in [-0.1, -0.05) is 30.3 Å². The maximum absolute atomic E-state index is 12.1. The minimum absolute atomic E-state index is 0.0706. The van der Waals surface area contributed by atoms with E-state index in [0.717, 1.165) is 37.3 Å². The minimum atomic E-state index is -0.443. The van der Waals surface area contributed by atoms with Gasteiger partial charge in [0, 0.05) is 13.1 Å². The standard InChI is InChI=1S/C20H26N2O3/c1-15-11-18(14-25-15)20(24)21-12-16-7-9-22(10-8-16)13-19(23)17-5-3-2-4-6-17/h2-6,11,14,16,19,23H,7-10,12-13H2,1H3,(H,21,24). The Hall–Kier alpha value is -2.11. The molecule has 0 bridgehead atoms. The average molecular weight is 342 g/mol. The molecule has 0 radical (unpaired) electrons. The van der Waals surface area contributed by atoms with E-state index in [1.165, 1.54) is 6.26 Å². The van der Waals surface area contributed by atoms with Gasteiger partial charge in [-0.2, -0.15) is 0 Å². The van der Waals surface area contributed by atoms with Gasteiger partial charge in [0.25, 0.3) is 5.91 Å². The first kappa shape index (κ1) is 17.7. The van der Waals surface area contributed by atoms with Crippen LogP contribution in [0.3, 0.4) is 0 Å². The molecule has 1 atom stereocenters. The summed E-state index contributed by atoms with van der Waals surface area (Å²) in [4.78, 5) is 14.4. The first-order chi connectivity index (χ1) is 12.1. The Morgan fingerprint density at radius 1 is 1.32 bits per heavy atom. The van der Waals surface area contributed by atoms with Gasteiger partial charge in [0.2, 0.25) is 0 Å². The Kier molecular flexibility index (Phi) is 5.89. The van der Waals surface area contributed by atoms with Crippen LogP contribution < -0.4 is 5.32 Å². The molecule has 1 aliphatic rings. The van der Waals surface area contributed by atoms with Crippen molar-refractivity contribution < 1.29 is 14.3 Å². The van der Waals surface area contributed by atoms with Crippen molar-refractivity contribution in [2.24, 2.45) is 5.92 Å². The van der Waals surface area contributed by atoms with E-state index in [9.17, 15) is 9.90 Å². The summed E-state index contributed by atoms with van der Waals surface area (Å²) in [5, 5.41) is 13.3. The second-order valence-electron chi connectivity index (χ2n) is 6.83. The SMILES string of the molecule is Cc1cc(C(=O)NCC2CCN(CC(O)c3ccccc3)CC2)co1. The lowest BCUT2D eigenvalue weighted by molar-refractivity contribution is 0.0852. The second kappa shape index (κ2) is 8.32. The zero-order valence-electron chi connectivity index (χ0n) is 14.6. The summed E-state index contributed by atoms with van der Waals surface area (Å²) in [5.41, 5.74) is 1.55. The highest BCUT2D eigenvalue weighted by Crippen LogP contribution is 2.20. The first-order valence-corrected chi connectivity index (χ1v) is 8.90. The third-order valence-electron chi connectivity index (χ3n) is 4.87. The lowest BCUT2D eigenvalue weighted by Crippen LogP contribution is -2.40. The normalized spacial score (nSPS) is 17.4. The summed E-state index contributed by atoms with van der Waals surface area (Å²) in [6.45, 7) is 5.09. The summed E-state index contributed by atoms with van der Waals surface area (Å²) in [5.74, 6) is 1.16. The fourth-order valence-electron chi connectivity index (χ4n) is 3.30. The van der Waals surface area contributed by atoms with Crippen LogP contribution in [0, 0.1) is 12.8 Å². The Balaban J connectivity index is 1.39. The molecule has 1 fully saturated rings. The van der Waals surface area contributed by atoms with E-state index in [1.54, 1.807) is 6.07 Å². The molecule has 1 aromatic heterocycles. The highest BCUT2D eigenvalue weighted by atomic mass is 16.3. The van der Waals surface area contributed by atoms with E-state index in [1.807, 2.05) is 37.3 Å². The third-order valence-corrected chi connectivity index (χ3v) is 4.87. The summed E-state index contributed by atoms with van der Waals surface area (Å²) < 4.78 is 5.17. The zero-order valence-corrected chi connectivity index (χ0v) is 14.6. The van der Waals surface area contributed by atoms with Crippen LogP contribution in [-0.2, 0) is 0 Å². The number of piperidine rings is 1. The molecule has 0 aliphatic carbocycles. The summed E-state index contributed by atoms with van der Waals surface area (Å²) in [7, 11) is 0. The molecular weight excluding hydrogens is 316 g/mol. The van der Waals surface area contributed by atoms with Gasteiger partial charge < -0.3 is 19.7 Å². The number of β-amino-alcohol motifs (C(OH)–C–C–N with tert-alkyl or cyclic N) is 1. The zero-order chi connectivity index (χ0) is 17.6. The Morgan fingerprint density at radius 3 is 2.68 bits per heavy atom. The molecule has 2 heterocycles. The third kappa shape index (κ3) is 4.94. The van der Waals surface area contributed by atoms with Crippen LogP contribution in [0.2, 0.25) is 0 Å². The molecule has 0 spiro atoms. The van der Waals surface area contributed by atoms with E-state index in [2.05, 4.69) is 10.2 Å². The number of carbonyl (C=O) groups excluding carboxylic acids is 1. The Bertz CT molecular complexity index is 675. The van der Waals surface area contributed by atoms with Gasteiger partial charge in [-0.05, 0) is 50.4 Å². The van der Waals surface area contributed by atoms with E-state index in [4.69, 9.17) is 4.42 Å². The van der Waals surface area contributed by atoms with Gasteiger partial charge in [0.15, 0.2) is 0 Å². The monoisotopic (exact) mass is 342 g/mol. The number of furan rings is 1. The molecule has 2 aromatic rings.